The number of hydrogen-bond donors (Lipinski definition) is 1. The maximum absolute atomic E-state index is 5.75. The predicted octanol–water partition coefficient (Wildman–Crippen LogP) is 1.78. The van der Waals surface area contributed by atoms with E-state index in [1.807, 2.05) is 6.20 Å². The highest BCUT2D eigenvalue weighted by atomic mass is 15.2. The third kappa shape index (κ3) is 3.56. The van der Waals surface area contributed by atoms with Gasteiger partial charge in [-0.3, -0.25) is 4.90 Å². The average Bonchev–Trinajstić information content (AvgIpc) is 2.81. The van der Waals surface area contributed by atoms with Crippen LogP contribution in [0.4, 0.5) is 0 Å². The number of aryl methyl sites for hydroxylation is 1. The molecule has 0 radical (unpaired) electrons. The van der Waals surface area contributed by atoms with Gasteiger partial charge in [0.05, 0.1) is 0 Å². The van der Waals surface area contributed by atoms with Crippen LogP contribution in [0.25, 0.3) is 0 Å². The summed E-state index contributed by atoms with van der Waals surface area (Å²) in [6, 6.07) is 0.756. The van der Waals surface area contributed by atoms with Crippen molar-refractivity contribution in [2.45, 2.75) is 51.6 Å². The van der Waals surface area contributed by atoms with E-state index in [0.717, 1.165) is 38.0 Å². The summed E-state index contributed by atoms with van der Waals surface area (Å²) in [4.78, 5) is 6.85. The van der Waals surface area contributed by atoms with Gasteiger partial charge in [-0.05, 0) is 19.8 Å². The van der Waals surface area contributed by atoms with Gasteiger partial charge in [0.15, 0.2) is 0 Å². The van der Waals surface area contributed by atoms with Crippen LogP contribution >= 0.6 is 0 Å². The summed E-state index contributed by atoms with van der Waals surface area (Å²) in [7, 11) is 0. The van der Waals surface area contributed by atoms with Crippen LogP contribution in [0.15, 0.2) is 12.4 Å². The van der Waals surface area contributed by atoms with Crippen molar-refractivity contribution >= 4 is 0 Å². The number of hydrogen-bond acceptors (Lipinski definition) is 3. The van der Waals surface area contributed by atoms with Gasteiger partial charge in [-0.1, -0.05) is 19.3 Å². The van der Waals surface area contributed by atoms with Crippen molar-refractivity contribution in [3.05, 3.63) is 18.2 Å². The van der Waals surface area contributed by atoms with Gasteiger partial charge in [0.2, 0.25) is 0 Å². The fourth-order valence-electron chi connectivity index (χ4n) is 2.97. The minimum absolute atomic E-state index is 0.756. The van der Waals surface area contributed by atoms with Gasteiger partial charge in [-0.25, -0.2) is 4.98 Å². The molecule has 1 aromatic heterocycles. The standard InChI is InChI=1S/C14H26N4/c1-13-16-8-10-17(13)11-12-18(9-7-15)14-5-3-2-4-6-14/h8,10,14H,2-7,9,11-12,15H2,1H3. The van der Waals surface area contributed by atoms with E-state index in [9.17, 15) is 0 Å². The third-order valence-electron chi connectivity index (χ3n) is 4.06. The summed E-state index contributed by atoms with van der Waals surface area (Å²) in [6.45, 7) is 5.98. The summed E-state index contributed by atoms with van der Waals surface area (Å²) in [5.74, 6) is 1.10. The largest absolute Gasteiger partial charge is 0.334 e. The Kier molecular flexibility index (Phi) is 5.20. The molecule has 1 saturated carbocycles. The van der Waals surface area contributed by atoms with Crippen molar-refractivity contribution in [3.8, 4) is 0 Å². The number of aromatic nitrogens is 2. The first-order valence-electron chi connectivity index (χ1n) is 7.23. The monoisotopic (exact) mass is 250 g/mol. The minimum Gasteiger partial charge on any atom is -0.334 e. The van der Waals surface area contributed by atoms with Gasteiger partial charge in [-0.15, -0.1) is 0 Å². The maximum Gasteiger partial charge on any atom is 0.105 e. The Balaban J connectivity index is 1.87. The van der Waals surface area contributed by atoms with Gasteiger partial charge >= 0.3 is 0 Å². The average molecular weight is 250 g/mol. The molecule has 0 bridgehead atoms. The SMILES string of the molecule is Cc1nccn1CCN(CCN)C1CCCCC1. The van der Waals surface area contributed by atoms with Gasteiger partial charge in [0, 0.05) is 44.6 Å². The molecule has 2 rings (SSSR count). The highest BCUT2D eigenvalue weighted by Gasteiger charge is 2.20. The van der Waals surface area contributed by atoms with E-state index in [2.05, 4.69) is 27.6 Å². The molecule has 0 aliphatic heterocycles. The quantitative estimate of drug-likeness (QED) is 0.837. The van der Waals surface area contributed by atoms with Crippen LogP contribution in [0.2, 0.25) is 0 Å². The second kappa shape index (κ2) is 6.90. The molecule has 0 aromatic carbocycles. The molecule has 1 aliphatic rings. The summed E-state index contributed by atoms with van der Waals surface area (Å²) in [6.07, 6.45) is 10.8. The first-order valence-corrected chi connectivity index (χ1v) is 7.23. The number of nitrogens with zero attached hydrogens (tertiary/aromatic N) is 3. The number of rotatable bonds is 6. The highest BCUT2D eigenvalue weighted by molar-refractivity contribution is 4.89. The van der Waals surface area contributed by atoms with Crippen LogP contribution in [-0.2, 0) is 6.54 Å². The van der Waals surface area contributed by atoms with Crippen LogP contribution in [0.1, 0.15) is 37.9 Å². The molecule has 4 heteroatoms. The molecular weight excluding hydrogens is 224 g/mol. The van der Waals surface area contributed by atoms with E-state index in [1.54, 1.807) is 0 Å². The topological polar surface area (TPSA) is 47.1 Å². The second-order valence-electron chi connectivity index (χ2n) is 5.28. The van der Waals surface area contributed by atoms with Crippen molar-refractivity contribution in [2.75, 3.05) is 19.6 Å². The lowest BCUT2D eigenvalue weighted by molar-refractivity contribution is 0.154. The molecule has 0 unspecified atom stereocenters. The van der Waals surface area contributed by atoms with Crippen LogP contribution in [-0.4, -0.2) is 40.1 Å². The Morgan fingerprint density at radius 2 is 2.11 bits per heavy atom. The molecule has 4 nitrogen and oxygen atoms in total. The third-order valence-corrected chi connectivity index (χ3v) is 4.06. The van der Waals surface area contributed by atoms with Crippen LogP contribution in [0.3, 0.4) is 0 Å². The Morgan fingerprint density at radius 1 is 1.33 bits per heavy atom. The molecule has 0 amide bonds. The van der Waals surface area contributed by atoms with Gasteiger partial charge in [0.1, 0.15) is 5.82 Å². The second-order valence-corrected chi connectivity index (χ2v) is 5.28. The summed E-state index contributed by atoms with van der Waals surface area (Å²) in [5, 5.41) is 0. The Bertz CT molecular complexity index is 341. The molecule has 0 atom stereocenters. The summed E-state index contributed by atoms with van der Waals surface area (Å²) in [5.41, 5.74) is 5.75. The van der Waals surface area contributed by atoms with Gasteiger partial charge < -0.3 is 10.3 Å². The molecule has 2 N–H and O–H groups in total. The zero-order valence-electron chi connectivity index (χ0n) is 11.5. The first-order chi connectivity index (χ1) is 8.81. The van der Waals surface area contributed by atoms with E-state index < -0.39 is 0 Å². The lowest BCUT2D eigenvalue weighted by atomic mass is 9.94. The normalized spacial score (nSPS) is 17.5. The molecule has 1 fully saturated rings. The zero-order chi connectivity index (χ0) is 12.8. The Hall–Kier alpha value is -0.870. The smallest absolute Gasteiger partial charge is 0.105 e. The van der Waals surface area contributed by atoms with Gasteiger partial charge in [0.25, 0.3) is 0 Å². The zero-order valence-corrected chi connectivity index (χ0v) is 11.5. The molecule has 1 heterocycles. The van der Waals surface area contributed by atoms with E-state index in [-0.39, 0.29) is 0 Å². The van der Waals surface area contributed by atoms with E-state index in [4.69, 9.17) is 5.73 Å². The minimum atomic E-state index is 0.756. The van der Waals surface area contributed by atoms with E-state index in [0.29, 0.717) is 0 Å². The number of nitrogens with two attached hydrogens (primary N) is 1. The van der Waals surface area contributed by atoms with Crippen LogP contribution in [0.5, 0.6) is 0 Å². The lowest BCUT2D eigenvalue weighted by Gasteiger charge is -2.34. The number of imidazole rings is 1. The molecule has 0 spiro atoms. The van der Waals surface area contributed by atoms with Crippen molar-refractivity contribution in [1.29, 1.82) is 0 Å². The van der Waals surface area contributed by atoms with Crippen molar-refractivity contribution in [2.24, 2.45) is 5.73 Å². The van der Waals surface area contributed by atoms with Crippen molar-refractivity contribution in [3.63, 3.8) is 0 Å². The summed E-state index contributed by atoms with van der Waals surface area (Å²) >= 11 is 0. The lowest BCUT2D eigenvalue weighted by Crippen LogP contribution is -2.41. The van der Waals surface area contributed by atoms with E-state index >= 15 is 0 Å². The molecular formula is C14H26N4. The fourth-order valence-corrected chi connectivity index (χ4v) is 2.97. The maximum atomic E-state index is 5.75. The Labute approximate surface area is 110 Å². The molecule has 102 valence electrons. The summed E-state index contributed by atoms with van der Waals surface area (Å²) < 4.78 is 2.23. The highest BCUT2D eigenvalue weighted by Crippen LogP contribution is 2.22. The molecule has 18 heavy (non-hydrogen) atoms. The van der Waals surface area contributed by atoms with Gasteiger partial charge in [-0.2, -0.15) is 0 Å². The molecule has 0 saturated heterocycles. The van der Waals surface area contributed by atoms with Crippen molar-refractivity contribution in [1.82, 2.24) is 14.5 Å². The molecule has 1 aromatic rings. The van der Waals surface area contributed by atoms with Crippen molar-refractivity contribution < 1.29 is 0 Å². The van der Waals surface area contributed by atoms with Crippen LogP contribution in [0, 0.1) is 6.92 Å². The van der Waals surface area contributed by atoms with Crippen LogP contribution < -0.4 is 5.73 Å². The first kappa shape index (κ1) is 13.6. The van der Waals surface area contributed by atoms with E-state index in [1.165, 1.54) is 32.1 Å². The fraction of sp³-hybridized carbons (Fsp3) is 0.786. The molecule has 1 aliphatic carbocycles. The Morgan fingerprint density at radius 3 is 2.72 bits per heavy atom. The predicted molar refractivity (Wildman–Crippen MR) is 74.5 cm³/mol.